The Hall–Kier alpha value is -1.23. The molecule has 0 heterocycles. The van der Waals surface area contributed by atoms with Crippen molar-refractivity contribution in [3.8, 4) is 0 Å². The van der Waals surface area contributed by atoms with Crippen LogP contribution >= 0.6 is 0 Å². The number of nitro groups is 1. The zero-order chi connectivity index (χ0) is 11.1. The first-order chi connectivity index (χ1) is 6.10. The second-order valence-corrected chi connectivity index (χ2v) is 1.79. The summed E-state index contributed by atoms with van der Waals surface area (Å²) in [6, 6.07) is 0. The molecule has 0 spiro atoms. The lowest BCUT2D eigenvalue weighted by atomic mass is 10.5. The van der Waals surface area contributed by atoms with Crippen molar-refractivity contribution in [2.24, 2.45) is 5.73 Å². The summed E-state index contributed by atoms with van der Waals surface area (Å²) in [4.78, 5) is 17.6. The predicted molar refractivity (Wildman–Crippen MR) is 52.9 cm³/mol. The van der Waals surface area contributed by atoms with Crippen LogP contribution < -0.4 is 5.73 Å². The molecule has 0 aliphatic heterocycles. The summed E-state index contributed by atoms with van der Waals surface area (Å²) in [5, 5.41) is 9.32. The summed E-state index contributed by atoms with van der Waals surface area (Å²) < 4.78 is 0. The van der Waals surface area contributed by atoms with Crippen molar-refractivity contribution >= 4 is 6.29 Å². The fourth-order valence-corrected chi connectivity index (χ4v) is 0.122. The van der Waals surface area contributed by atoms with Gasteiger partial charge in [0.25, 0.3) is 0 Å². The molecule has 0 fully saturated rings. The van der Waals surface area contributed by atoms with E-state index in [2.05, 4.69) is 6.92 Å². The second kappa shape index (κ2) is 22.4. The van der Waals surface area contributed by atoms with Crippen molar-refractivity contribution in [3.05, 3.63) is 22.4 Å². The van der Waals surface area contributed by atoms with E-state index in [1.165, 1.54) is 13.0 Å². The highest BCUT2D eigenvalue weighted by molar-refractivity contribution is 5.44. The molecule has 0 unspecified atom stereocenters. The van der Waals surface area contributed by atoms with Crippen LogP contribution in [0.5, 0.6) is 0 Å². The summed E-state index contributed by atoms with van der Waals surface area (Å²) in [5.41, 5.74) is 5.03. The van der Waals surface area contributed by atoms with E-state index in [-0.39, 0.29) is 0 Å². The van der Waals surface area contributed by atoms with Crippen LogP contribution in [0.1, 0.15) is 27.2 Å². The van der Waals surface area contributed by atoms with Gasteiger partial charge in [-0.2, -0.15) is 0 Å². The molecule has 0 rings (SSSR count). The number of carbonyl (C=O) groups is 1. The Morgan fingerprint density at radius 3 is 1.77 bits per heavy atom. The highest BCUT2D eigenvalue weighted by atomic mass is 16.6. The lowest BCUT2D eigenvalue weighted by molar-refractivity contribution is -0.402. The van der Waals surface area contributed by atoms with Crippen LogP contribution in [0.25, 0.3) is 0 Å². The van der Waals surface area contributed by atoms with Crippen molar-refractivity contribution in [3.63, 3.8) is 0 Å². The number of nitrogens with two attached hydrogens (primary N) is 1. The van der Waals surface area contributed by atoms with Gasteiger partial charge in [0, 0.05) is 0 Å². The number of aldehydes is 1. The number of rotatable bonds is 2. The molecule has 0 radical (unpaired) electrons. The summed E-state index contributed by atoms with van der Waals surface area (Å²) in [7, 11) is 0. The van der Waals surface area contributed by atoms with E-state index in [0.29, 0.717) is 0 Å². The van der Waals surface area contributed by atoms with Crippen LogP contribution in [0.2, 0.25) is 0 Å². The Balaban J connectivity index is -0.000000125. The quantitative estimate of drug-likeness (QED) is 0.404. The van der Waals surface area contributed by atoms with Gasteiger partial charge < -0.3 is 10.5 Å². The Bertz CT molecular complexity index is 133. The standard InChI is InChI=1S/C3H5NO2.C3H9N.C2H4O/c1-2-3-4(5)6;1-2-3-4;1-2-3/h2-3H,1H3;2-4H2,1H3;2H,1H3/b3-2+;;. The molecule has 0 saturated heterocycles. The summed E-state index contributed by atoms with van der Waals surface area (Å²) in [6.07, 6.45) is 4.11. The molecular formula is C8H18N2O3. The summed E-state index contributed by atoms with van der Waals surface area (Å²) in [5.74, 6) is 0. The van der Waals surface area contributed by atoms with E-state index in [1.54, 1.807) is 6.92 Å². The monoisotopic (exact) mass is 190 g/mol. The molecule has 0 amide bonds. The van der Waals surface area contributed by atoms with Crippen LogP contribution in [-0.4, -0.2) is 17.8 Å². The van der Waals surface area contributed by atoms with Gasteiger partial charge in [-0.05, 0) is 32.9 Å². The zero-order valence-corrected chi connectivity index (χ0v) is 8.40. The average Bonchev–Trinajstić information content (AvgIpc) is 2.06. The van der Waals surface area contributed by atoms with Gasteiger partial charge >= 0.3 is 0 Å². The van der Waals surface area contributed by atoms with E-state index in [0.717, 1.165) is 25.5 Å². The van der Waals surface area contributed by atoms with Gasteiger partial charge in [-0.1, -0.05) is 6.92 Å². The SMILES string of the molecule is C/C=C/[N+](=O)[O-].CC=O.CCCN. The molecule has 13 heavy (non-hydrogen) atoms. The summed E-state index contributed by atoms with van der Waals surface area (Å²) >= 11 is 0. The molecule has 0 aromatic heterocycles. The largest absolute Gasteiger partial charge is 0.330 e. The number of carbonyl (C=O) groups excluding carboxylic acids is 1. The molecule has 0 aliphatic carbocycles. The average molecular weight is 190 g/mol. The van der Waals surface area contributed by atoms with Crippen LogP contribution in [-0.2, 0) is 4.79 Å². The molecule has 0 bridgehead atoms. The van der Waals surface area contributed by atoms with Crippen LogP contribution in [0.15, 0.2) is 12.3 Å². The molecule has 0 saturated carbocycles. The molecule has 5 nitrogen and oxygen atoms in total. The fourth-order valence-electron chi connectivity index (χ4n) is 0.122. The van der Waals surface area contributed by atoms with E-state index >= 15 is 0 Å². The van der Waals surface area contributed by atoms with Crippen molar-refractivity contribution in [1.82, 2.24) is 0 Å². The van der Waals surface area contributed by atoms with Gasteiger partial charge in [-0.3, -0.25) is 10.1 Å². The molecule has 0 aromatic rings. The Morgan fingerprint density at radius 1 is 1.46 bits per heavy atom. The lowest BCUT2D eigenvalue weighted by Crippen LogP contribution is -1.93. The van der Waals surface area contributed by atoms with Gasteiger partial charge in [0.15, 0.2) is 0 Å². The molecule has 0 aliphatic rings. The topological polar surface area (TPSA) is 86.2 Å². The van der Waals surface area contributed by atoms with Crippen molar-refractivity contribution in [2.45, 2.75) is 27.2 Å². The molecule has 2 N–H and O–H groups in total. The Kier molecular flexibility index (Phi) is 30.6. The second-order valence-electron chi connectivity index (χ2n) is 1.79. The fraction of sp³-hybridized carbons (Fsp3) is 0.625. The number of allylic oxidation sites excluding steroid dienone is 1. The predicted octanol–water partition coefficient (Wildman–Crippen LogP) is 1.36. The highest BCUT2D eigenvalue weighted by Gasteiger charge is 1.73. The lowest BCUT2D eigenvalue weighted by Gasteiger charge is -1.70. The first-order valence-electron chi connectivity index (χ1n) is 3.96. The zero-order valence-electron chi connectivity index (χ0n) is 8.40. The molecule has 78 valence electrons. The van der Waals surface area contributed by atoms with Crippen LogP contribution in [0, 0.1) is 10.1 Å². The van der Waals surface area contributed by atoms with E-state index < -0.39 is 4.92 Å². The minimum absolute atomic E-state index is 0.500. The number of hydrogen-bond acceptors (Lipinski definition) is 4. The number of hydrogen-bond donors (Lipinski definition) is 1. The minimum atomic E-state index is -0.500. The minimum Gasteiger partial charge on any atom is -0.330 e. The maximum Gasteiger partial charge on any atom is 0.230 e. The normalized spacial score (nSPS) is 7.69. The first kappa shape index (κ1) is 17.8. The molecule has 0 atom stereocenters. The first-order valence-corrected chi connectivity index (χ1v) is 3.96. The van der Waals surface area contributed by atoms with Crippen LogP contribution in [0.4, 0.5) is 0 Å². The summed E-state index contributed by atoms with van der Waals surface area (Å²) in [6.45, 7) is 5.92. The third-order valence-electron chi connectivity index (χ3n) is 0.559. The maximum absolute atomic E-state index is 9.32. The van der Waals surface area contributed by atoms with Gasteiger partial charge in [0.1, 0.15) is 6.29 Å². The maximum atomic E-state index is 9.32. The molecular weight excluding hydrogens is 172 g/mol. The Labute approximate surface area is 78.8 Å². The third-order valence-corrected chi connectivity index (χ3v) is 0.559. The van der Waals surface area contributed by atoms with E-state index in [1.807, 2.05) is 0 Å². The van der Waals surface area contributed by atoms with Crippen molar-refractivity contribution in [2.75, 3.05) is 6.54 Å². The highest BCUT2D eigenvalue weighted by Crippen LogP contribution is 1.67. The van der Waals surface area contributed by atoms with Crippen molar-refractivity contribution in [1.29, 1.82) is 0 Å². The third kappa shape index (κ3) is 108. The van der Waals surface area contributed by atoms with E-state index in [9.17, 15) is 10.1 Å². The number of nitrogens with zero attached hydrogens (tertiary/aromatic N) is 1. The van der Waals surface area contributed by atoms with Gasteiger partial charge in [0.05, 0.1) is 4.92 Å². The van der Waals surface area contributed by atoms with Crippen LogP contribution in [0.3, 0.4) is 0 Å². The smallest absolute Gasteiger partial charge is 0.230 e. The molecule has 0 aromatic carbocycles. The van der Waals surface area contributed by atoms with Gasteiger partial charge in [-0.25, -0.2) is 0 Å². The molecule has 5 heteroatoms. The van der Waals surface area contributed by atoms with Gasteiger partial charge in [-0.15, -0.1) is 0 Å². The van der Waals surface area contributed by atoms with Crippen molar-refractivity contribution < 1.29 is 9.72 Å². The van der Waals surface area contributed by atoms with Gasteiger partial charge in [0.2, 0.25) is 6.20 Å². The Morgan fingerprint density at radius 2 is 1.77 bits per heavy atom. The van der Waals surface area contributed by atoms with E-state index in [4.69, 9.17) is 10.5 Å².